The van der Waals surface area contributed by atoms with E-state index in [1.807, 2.05) is 6.07 Å². The molecule has 5 nitrogen and oxygen atoms in total. The molecule has 0 aliphatic rings. The van der Waals surface area contributed by atoms with Gasteiger partial charge in [-0.15, -0.1) is 11.3 Å². The van der Waals surface area contributed by atoms with Crippen LogP contribution in [-0.4, -0.2) is 15.2 Å². The van der Waals surface area contributed by atoms with E-state index in [9.17, 15) is 4.39 Å². The lowest BCUT2D eigenvalue weighted by molar-refractivity contribution is 0.640. The predicted molar refractivity (Wildman–Crippen MR) is 72.4 cm³/mol. The smallest absolute Gasteiger partial charge is 0.173 e. The van der Waals surface area contributed by atoms with E-state index in [0.717, 1.165) is 4.21 Å². The van der Waals surface area contributed by atoms with Crippen molar-refractivity contribution in [2.45, 2.75) is 4.21 Å². The number of H-pyrrole nitrogens is 1. The Morgan fingerprint density at radius 3 is 3.11 bits per heavy atom. The van der Waals surface area contributed by atoms with Crippen LogP contribution in [0, 0.1) is 17.1 Å². The van der Waals surface area contributed by atoms with E-state index in [4.69, 9.17) is 5.26 Å². The number of benzene rings is 1. The number of halogens is 1. The maximum absolute atomic E-state index is 13.7. The van der Waals surface area contributed by atoms with E-state index < -0.39 is 5.82 Å². The third-order valence-electron chi connectivity index (χ3n) is 2.45. The van der Waals surface area contributed by atoms with Gasteiger partial charge < -0.3 is 4.72 Å². The van der Waals surface area contributed by atoms with E-state index in [2.05, 4.69) is 19.9 Å². The van der Waals surface area contributed by atoms with Crippen molar-refractivity contribution in [3.63, 3.8) is 0 Å². The minimum absolute atomic E-state index is 0.0546. The minimum atomic E-state index is -0.464. The largest absolute Gasteiger partial charge is 0.323 e. The Bertz CT molecular complexity index is 759. The highest BCUT2D eigenvalue weighted by Gasteiger charge is 2.14. The van der Waals surface area contributed by atoms with Gasteiger partial charge in [0.15, 0.2) is 5.69 Å². The minimum Gasteiger partial charge on any atom is -0.323 e. The van der Waals surface area contributed by atoms with Crippen LogP contribution in [-0.2, 0) is 0 Å². The fourth-order valence-corrected chi connectivity index (χ4v) is 2.91. The molecule has 3 aromatic rings. The average Bonchev–Trinajstić information content (AvgIpc) is 3.07. The number of hydrogen-bond donors (Lipinski definition) is 2. The highest BCUT2D eigenvalue weighted by atomic mass is 32.2. The Morgan fingerprint density at radius 1 is 1.47 bits per heavy atom. The number of fused-ring (bicyclic) bond motifs is 1. The van der Waals surface area contributed by atoms with Crippen molar-refractivity contribution < 1.29 is 4.39 Å². The second kappa shape index (κ2) is 4.87. The molecule has 0 radical (unpaired) electrons. The quantitative estimate of drug-likeness (QED) is 0.725. The van der Waals surface area contributed by atoms with E-state index in [1.165, 1.54) is 29.4 Å². The molecule has 0 aliphatic heterocycles. The van der Waals surface area contributed by atoms with Crippen LogP contribution in [0.25, 0.3) is 10.9 Å². The SMILES string of the molecule is N#Cc1n[nH]c2c(NSc3cncs3)ccc(F)c12. The number of rotatable bonds is 3. The fourth-order valence-electron chi connectivity index (χ4n) is 1.62. The average molecular weight is 291 g/mol. The lowest BCUT2D eigenvalue weighted by Crippen LogP contribution is -1.89. The van der Waals surface area contributed by atoms with Crippen LogP contribution in [0.5, 0.6) is 0 Å². The molecule has 0 aliphatic carbocycles. The van der Waals surface area contributed by atoms with Gasteiger partial charge >= 0.3 is 0 Å². The summed E-state index contributed by atoms with van der Waals surface area (Å²) in [5.41, 5.74) is 2.94. The van der Waals surface area contributed by atoms with Crippen molar-refractivity contribution in [3.05, 3.63) is 35.4 Å². The van der Waals surface area contributed by atoms with Crippen molar-refractivity contribution in [2.75, 3.05) is 4.72 Å². The van der Waals surface area contributed by atoms with Crippen LogP contribution in [0.4, 0.5) is 10.1 Å². The summed E-state index contributed by atoms with van der Waals surface area (Å²) < 4.78 is 17.8. The highest BCUT2D eigenvalue weighted by molar-refractivity contribution is 8.02. The van der Waals surface area contributed by atoms with E-state index in [0.29, 0.717) is 11.2 Å². The molecule has 0 saturated carbocycles. The topological polar surface area (TPSA) is 77.4 Å². The van der Waals surface area contributed by atoms with E-state index in [1.54, 1.807) is 17.8 Å². The van der Waals surface area contributed by atoms with Crippen molar-refractivity contribution in [1.82, 2.24) is 15.2 Å². The molecule has 0 amide bonds. The van der Waals surface area contributed by atoms with Gasteiger partial charge in [-0.1, -0.05) is 0 Å². The standard InChI is InChI=1S/C11H6FN5S2/c12-6-1-2-7(17-19-9-4-14-5-18-9)11-10(6)8(3-13)15-16-11/h1-2,4-5,17H,(H,15,16). The second-order valence-electron chi connectivity index (χ2n) is 3.55. The van der Waals surface area contributed by atoms with Crippen LogP contribution >= 0.6 is 23.3 Å². The van der Waals surface area contributed by atoms with Crippen LogP contribution in [0.15, 0.2) is 28.0 Å². The summed E-state index contributed by atoms with van der Waals surface area (Å²) in [7, 11) is 0. The van der Waals surface area contributed by atoms with Crippen molar-refractivity contribution in [1.29, 1.82) is 5.26 Å². The zero-order valence-corrected chi connectivity index (χ0v) is 11.0. The van der Waals surface area contributed by atoms with Crippen LogP contribution in [0.3, 0.4) is 0 Å². The van der Waals surface area contributed by atoms with Crippen LogP contribution in [0.2, 0.25) is 0 Å². The lowest BCUT2D eigenvalue weighted by Gasteiger charge is -2.04. The number of anilines is 1. The Kier molecular flexibility index (Phi) is 3.06. The number of nitriles is 1. The van der Waals surface area contributed by atoms with Gasteiger partial charge in [-0.25, -0.2) is 4.39 Å². The molecule has 2 heterocycles. The first-order valence-electron chi connectivity index (χ1n) is 5.17. The number of nitrogens with zero attached hydrogens (tertiary/aromatic N) is 3. The summed E-state index contributed by atoms with van der Waals surface area (Å²) in [6.07, 6.45) is 1.73. The first-order valence-corrected chi connectivity index (χ1v) is 6.87. The number of aromatic nitrogens is 3. The monoisotopic (exact) mass is 291 g/mol. The zero-order valence-electron chi connectivity index (χ0n) is 9.35. The molecule has 0 spiro atoms. The number of nitrogens with one attached hydrogen (secondary N) is 2. The van der Waals surface area contributed by atoms with E-state index >= 15 is 0 Å². The third-order valence-corrected chi connectivity index (χ3v) is 4.18. The number of thiazole rings is 1. The first-order chi connectivity index (χ1) is 9.29. The highest BCUT2D eigenvalue weighted by Crippen LogP contribution is 2.30. The maximum atomic E-state index is 13.7. The normalized spacial score (nSPS) is 10.5. The van der Waals surface area contributed by atoms with Gasteiger partial charge in [-0.05, 0) is 24.1 Å². The molecular weight excluding hydrogens is 285 g/mol. The molecule has 0 bridgehead atoms. The lowest BCUT2D eigenvalue weighted by atomic mass is 10.2. The van der Waals surface area contributed by atoms with Crippen molar-refractivity contribution in [2.24, 2.45) is 0 Å². The van der Waals surface area contributed by atoms with Gasteiger partial charge in [-0.3, -0.25) is 10.1 Å². The van der Waals surface area contributed by atoms with Gasteiger partial charge in [0.1, 0.15) is 16.1 Å². The molecule has 2 N–H and O–H groups in total. The molecule has 3 rings (SSSR count). The van der Waals surface area contributed by atoms with Crippen LogP contribution in [0.1, 0.15) is 5.69 Å². The van der Waals surface area contributed by atoms with Gasteiger partial charge in [-0.2, -0.15) is 10.4 Å². The summed E-state index contributed by atoms with van der Waals surface area (Å²) >= 11 is 2.87. The Morgan fingerprint density at radius 2 is 2.37 bits per heavy atom. The van der Waals surface area contributed by atoms with Gasteiger partial charge in [0.25, 0.3) is 0 Å². The van der Waals surface area contributed by atoms with Crippen LogP contribution < -0.4 is 4.72 Å². The van der Waals surface area contributed by atoms with Gasteiger partial charge in [0, 0.05) is 0 Å². The third kappa shape index (κ3) is 2.14. The fraction of sp³-hybridized carbons (Fsp3) is 0. The molecule has 1 aromatic carbocycles. The van der Waals surface area contributed by atoms with Gasteiger partial charge in [0.05, 0.1) is 28.3 Å². The molecule has 0 saturated heterocycles. The molecule has 8 heteroatoms. The number of hydrogen-bond acceptors (Lipinski definition) is 6. The number of aromatic amines is 1. The molecule has 19 heavy (non-hydrogen) atoms. The molecule has 2 aromatic heterocycles. The summed E-state index contributed by atoms with van der Waals surface area (Å²) in [5.74, 6) is -0.464. The van der Waals surface area contributed by atoms with E-state index in [-0.39, 0.29) is 11.1 Å². The predicted octanol–water partition coefficient (Wildman–Crippen LogP) is 3.15. The van der Waals surface area contributed by atoms with Gasteiger partial charge in [0.2, 0.25) is 0 Å². The zero-order chi connectivity index (χ0) is 13.2. The summed E-state index contributed by atoms with van der Waals surface area (Å²) in [5, 5.41) is 15.6. The Balaban J connectivity index is 1.98. The molecule has 0 atom stereocenters. The summed E-state index contributed by atoms with van der Waals surface area (Å²) in [6.45, 7) is 0. The molecule has 0 unspecified atom stereocenters. The summed E-state index contributed by atoms with van der Waals surface area (Å²) in [4.78, 5) is 3.96. The van der Waals surface area contributed by atoms with Crippen molar-refractivity contribution in [3.8, 4) is 6.07 Å². The Labute approximate surface area is 115 Å². The first kappa shape index (κ1) is 12.0. The second-order valence-corrected chi connectivity index (χ2v) is 5.55. The maximum Gasteiger partial charge on any atom is 0.173 e. The molecular formula is C11H6FN5S2. The Hall–Kier alpha value is -2.11. The summed E-state index contributed by atoms with van der Waals surface area (Å²) in [6, 6.07) is 4.78. The molecule has 0 fully saturated rings. The van der Waals surface area contributed by atoms with Crippen molar-refractivity contribution >= 4 is 39.9 Å². The molecule has 94 valence electrons.